The molecular weight excluding hydrogens is 452 g/mol. The van der Waals surface area contributed by atoms with Gasteiger partial charge in [-0.3, -0.25) is 9.36 Å². The Bertz CT molecular complexity index is 1570. The van der Waals surface area contributed by atoms with Gasteiger partial charge in [0.05, 0.1) is 23.3 Å². The number of benzene rings is 2. The van der Waals surface area contributed by atoms with Gasteiger partial charge >= 0.3 is 5.69 Å². The first-order valence-electron chi connectivity index (χ1n) is 9.52. The molecule has 0 N–H and O–H groups in total. The molecule has 0 aliphatic heterocycles. The predicted molar refractivity (Wildman–Crippen MR) is 122 cm³/mol. The number of hydrogen-bond donors (Lipinski definition) is 0. The lowest BCUT2D eigenvalue weighted by Crippen LogP contribution is -2.38. The first-order valence-corrected chi connectivity index (χ1v) is 10.8. The second kappa shape index (κ2) is 8.10. The number of rotatable bonds is 5. The van der Waals surface area contributed by atoms with Crippen LogP contribution < -0.4 is 16.0 Å². The van der Waals surface area contributed by atoms with E-state index in [1.54, 1.807) is 47.8 Å². The Hall–Kier alpha value is -3.69. The highest BCUT2D eigenvalue weighted by molar-refractivity contribution is 7.17. The highest BCUT2D eigenvalue weighted by Gasteiger charge is 2.19. The van der Waals surface area contributed by atoms with Gasteiger partial charge in [0.1, 0.15) is 17.0 Å². The third-order valence-electron chi connectivity index (χ3n) is 4.94. The first kappa shape index (κ1) is 20.2. The van der Waals surface area contributed by atoms with Crippen molar-refractivity contribution in [3.05, 3.63) is 91.7 Å². The molecule has 10 heteroatoms. The minimum absolute atomic E-state index is 0.00618. The summed E-state index contributed by atoms with van der Waals surface area (Å²) in [7, 11) is 1.52. The summed E-state index contributed by atoms with van der Waals surface area (Å²) >= 11 is 7.49. The van der Waals surface area contributed by atoms with Gasteiger partial charge in [-0.1, -0.05) is 35.0 Å². The minimum atomic E-state index is -0.522. The van der Waals surface area contributed by atoms with Crippen LogP contribution in [0.25, 0.3) is 27.3 Å². The molecule has 0 saturated carbocycles. The topological polar surface area (TPSA) is 92.2 Å². The molecule has 0 unspecified atom stereocenters. The van der Waals surface area contributed by atoms with Crippen molar-refractivity contribution < 1.29 is 9.26 Å². The molecule has 0 aliphatic rings. The fraction of sp³-hybridized carbons (Fsp3) is 0.0909. The normalized spacial score (nSPS) is 11.2. The molecule has 0 radical (unpaired) electrons. The van der Waals surface area contributed by atoms with Gasteiger partial charge in [-0.25, -0.2) is 9.36 Å². The van der Waals surface area contributed by atoms with Gasteiger partial charge in [0.15, 0.2) is 0 Å². The summed E-state index contributed by atoms with van der Waals surface area (Å²) in [6.07, 6.45) is 0. The van der Waals surface area contributed by atoms with Crippen LogP contribution in [0.3, 0.4) is 0 Å². The summed E-state index contributed by atoms with van der Waals surface area (Å²) < 4.78 is 13.6. The Morgan fingerprint density at radius 1 is 1.12 bits per heavy atom. The van der Waals surface area contributed by atoms with Crippen molar-refractivity contribution in [2.24, 2.45) is 0 Å². The zero-order valence-corrected chi connectivity index (χ0v) is 18.3. The second-order valence-corrected chi connectivity index (χ2v) is 8.16. The highest BCUT2D eigenvalue weighted by Crippen LogP contribution is 2.25. The Morgan fingerprint density at radius 3 is 2.78 bits per heavy atom. The van der Waals surface area contributed by atoms with Gasteiger partial charge in [-0.2, -0.15) is 4.98 Å². The van der Waals surface area contributed by atoms with Gasteiger partial charge in [-0.05, 0) is 35.7 Å². The molecular formula is C22H15ClN4O4S. The third kappa shape index (κ3) is 3.41. The van der Waals surface area contributed by atoms with Gasteiger partial charge in [-0.15, -0.1) is 11.3 Å². The molecule has 160 valence electrons. The first-order chi connectivity index (χ1) is 15.6. The summed E-state index contributed by atoms with van der Waals surface area (Å²) in [4.78, 5) is 30.9. The molecule has 0 atom stereocenters. The Labute approximate surface area is 189 Å². The standard InChI is InChI=1S/C22H15ClN4O4S/c1-30-14-6-4-5-13(11-14)27-21(28)19-17(9-10-32-19)26(22(27)29)12-18-24-20(25-31-18)15-7-2-3-8-16(15)23/h2-11H,12H2,1H3. The summed E-state index contributed by atoms with van der Waals surface area (Å²) in [5.74, 6) is 1.07. The fourth-order valence-electron chi connectivity index (χ4n) is 3.42. The van der Waals surface area contributed by atoms with Crippen LogP contribution in [-0.4, -0.2) is 26.4 Å². The summed E-state index contributed by atoms with van der Waals surface area (Å²) in [5, 5.41) is 6.25. The van der Waals surface area contributed by atoms with Crippen molar-refractivity contribution in [2.45, 2.75) is 6.54 Å². The fourth-order valence-corrected chi connectivity index (χ4v) is 4.47. The zero-order chi connectivity index (χ0) is 22.2. The average Bonchev–Trinajstić information content (AvgIpc) is 3.47. The van der Waals surface area contributed by atoms with E-state index in [2.05, 4.69) is 10.1 Å². The number of fused-ring (bicyclic) bond motifs is 1. The molecule has 0 fully saturated rings. The SMILES string of the molecule is COc1cccc(-n2c(=O)c3sccc3n(Cc3nc(-c4ccccc4Cl)no3)c2=O)c1. The molecule has 8 nitrogen and oxygen atoms in total. The largest absolute Gasteiger partial charge is 0.497 e. The van der Waals surface area contributed by atoms with Crippen LogP contribution >= 0.6 is 22.9 Å². The number of methoxy groups -OCH3 is 1. The predicted octanol–water partition coefficient (Wildman–Crippen LogP) is 3.97. The monoisotopic (exact) mass is 466 g/mol. The molecule has 0 aliphatic carbocycles. The van der Waals surface area contributed by atoms with Crippen LogP contribution in [-0.2, 0) is 6.54 Å². The summed E-state index contributed by atoms with van der Waals surface area (Å²) in [5.41, 5.74) is 0.615. The molecule has 0 amide bonds. The van der Waals surface area contributed by atoms with E-state index >= 15 is 0 Å². The molecule has 5 rings (SSSR count). The van der Waals surface area contributed by atoms with Crippen molar-refractivity contribution in [1.82, 2.24) is 19.3 Å². The van der Waals surface area contributed by atoms with Crippen LogP contribution in [0.15, 0.2) is 74.1 Å². The number of thiophene rings is 1. The van der Waals surface area contributed by atoms with Gasteiger partial charge in [0.2, 0.25) is 11.7 Å². The Morgan fingerprint density at radius 2 is 1.97 bits per heavy atom. The molecule has 0 spiro atoms. The molecule has 5 aromatic rings. The maximum Gasteiger partial charge on any atom is 0.336 e. The third-order valence-corrected chi connectivity index (χ3v) is 6.16. The zero-order valence-electron chi connectivity index (χ0n) is 16.7. The van der Waals surface area contributed by atoms with E-state index in [4.69, 9.17) is 20.9 Å². The smallest absolute Gasteiger partial charge is 0.336 e. The van der Waals surface area contributed by atoms with Crippen molar-refractivity contribution in [3.8, 4) is 22.8 Å². The van der Waals surface area contributed by atoms with E-state index in [0.717, 1.165) is 4.57 Å². The number of ether oxygens (including phenoxy) is 1. The molecule has 0 bridgehead atoms. The van der Waals surface area contributed by atoms with E-state index in [-0.39, 0.29) is 12.4 Å². The molecule has 32 heavy (non-hydrogen) atoms. The molecule has 3 aromatic heterocycles. The van der Waals surface area contributed by atoms with Crippen LogP contribution in [0.5, 0.6) is 5.75 Å². The van der Waals surface area contributed by atoms with Crippen LogP contribution in [0, 0.1) is 0 Å². The molecule has 2 aromatic carbocycles. The highest BCUT2D eigenvalue weighted by atomic mass is 35.5. The number of aromatic nitrogens is 4. The maximum atomic E-state index is 13.4. The Balaban J connectivity index is 1.64. The number of nitrogens with zero attached hydrogens (tertiary/aromatic N) is 4. The van der Waals surface area contributed by atoms with E-state index in [1.807, 2.05) is 12.1 Å². The van der Waals surface area contributed by atoms with E-state index in [0.29, 0.717) is 38.1 Å². The van der Waals surface area contributed by atoms with Gasteiger partial charge in [0, 0.05) is 11.6 Å². The van der Waals surface area contributed by atoms with E-state index < -0.39 is 11.2 Å². The average molecular weight is 467 g/mol. The maximum absolute atomic E-state index is 13.4. The quantitative estimate of drug-likeness (QED) is 0.389. The van der Waals surface area contributed by atoms with Crippen molar-refractivity contribution in [1.29, 1.82) is 0 Å². The van der Waals surface area contributed by atoms with E-state index in [9.17, 15) is 9.59 Å². The van der Waals surface area contributed by atoms with Crippen LogP contribution in [0.1, 0.15) is 5.89 Å². The van der Waals surface area contributed by atoms with Crippen molar-refractivity contribution >= 4 is 33.2 Å². The molecule has 0 saturated heterocycles. The number of hydrogen-bond acceptors (Lipinski definition) is 7. The Kier molecular flexibility index (Phi) is 5.12. The lowest BCUT2D eigenvalue weighted by atomic mass is 10.2. The van der Waals surface area contributed by atoms with Crippen molar-refractivity contribution in [2.75, 3.05) is 7.11 Å². The lowest BCUT2D eigenvalue weighted by Gasteiger charge is -2.11. The van der Waals surface area contributed by atoms with E-state index in [1.165, 1.54) is 23.0 Å². The lowest BCUT2D eigenvalue weighted by molar-refractivity contribution is 0.370. The van der Waals surface area contributed by atoms with Crippen molar-refractivity contribution in [3.63, 3.8) is 0 Å². The van der Waals surface area contributed by atoms with Crippen LogP contribution in [0.4, 0.5) is 0 Å². The number of halogens is 1. The van der Waals surface area contributed by atoms with Gasteiger partial charge in [0.25, 0.3) is 5.56 Å². The minimum Gasteiger partial charge on any atom is -0.497 e. The summed E-state index contributed by atoms with van der Waals surface area (Å²) in [6, 6.07) is 15.6. The van der Waals surface area contributed by atoms with Crippen LogP contribution in [0.2, 0.25) is 5.02 Å². The summed E-state index contributed by atoms with van der Waals surface area (Å²) in [6.45, 7) is -0.00618. The molecule has 3 heterocycles. The second-order valence-electron chi connectivity index (χ2n) is 6.84. The van der Waals surface area contributed by atoms with Gasteiger partial charge < -0.3 is 9.26 Å².